The summed E-state index contributed by atoms with van der Waals surface area (Å²) < 4.78 is 35.3. The van der Waals surface area contributed by atoms with Crippen LogP contribution in [-0.4, -0.2) is 50.5 Å². The Morgan fingerprint density at radius 2 is 1.62 bits per heavy atom. The van der Waals surface area contributed by atoms with Crippen LogP contribution in [0.4, 0.5) is 4.79 Å². The first-order valence-corrected chi connectivity index (χ1v) is 12.8. The first-order valence-electron chi connectivity index (χ1n) is 11.4. The van der Waals surface area contributed by atoms with Crippen LogP contribution < -0.4 is 21.9 Å². The molecule has 34 heavy (non-hydrogen) atoms. The van der Waals surface area contributed by atoms with Gasteiger partial charge in [0, 0.05) is 5.92 Å². The number of hydrogen-bond acceptors (Lipinski definition) is 9. The zero-order valence-corrected chi connectivity index (χ0v) is 22.5. The van der Waals surface area contributed by atoms with Crippen LogP contribution in [0.25, 0.3) is 0 Å². The highest BCUT2D eigenvalue weighted by atomic mass is 32.2. The lowest BCUT2D eigenvalue weighted by Gasteiger charge is -2.27. The van der Waals surface area contributed by atoms with Gasteiger partial charge in [-0.2, -0.15) is 8.42 Å². The van der Waals surface area contributed by atoms with Gasteiger partial charge in [0.15, 0.2) is 10.8 Å². The van der Waals surface area contributed by atoms with Crippen LogP contribution in [0.5, 0.6) is 0 Å². The van der Waals surface area contributed by atoms with Crippen molar-refractivity contribution < 1.29 is 31.7 Å². The molecule has 0 aliphatic rings. The van der Waals surface area contributed by atoms with Gasteiger partial charge in [-0.3, -0.25) is 19.2 Å². The summed E-state index contributed by atoms with van der Waals surface area (Å²) in [5, 5.41) is 1.72. The average Bonchev–Trinajstić information content (AvgIpc) is 2.64. The first kappa shape index (κ1) is 32.0. The highest BCUT2D eigenvalue weighted by molar-refractivity contribution is 7.90. The van der Waals surface area contributed by atoms with E-state index >= 15 is 0 Å². The predicted molar refractivity (Wildman–Crippen MR) is 130 cm³/mol. The molecule has 0 bridgehead atoms. The lowest BCUT2D eigenvalue weighted by molar-refractivity contribution is -0.125. The molecular weight excluding hydrogens is 464 g/mol. The molecule has 0 saturated carbocycles. The van der Waals surface area contributed by atoms with E-state index in [4.69, 9.17) is 14.7 Å². The summed E-state index contributed by atoms with van der Waals surface area (Å²) in [7, 11) is -4.35. The summed E-state index contributed by atoms with van der Waals surface area (Å²) >= 11 is 0. The minimum absolute atomic E-state index is 0.0111. The van der Waals surface area contributed by atoms with E-state index in [-0.39, 0.29) is 30.6 Å². The monoisotopic (exact) mass is 506 g/mol. The molecule has 12 heteroatoms. The number of ketones is 1. The number of carbonyl (C=O) groups is 3. The maximum atomic E-state index is 13.5. The van der Waals surface area contributed by atoms with Crippen molar-refractivity contribution in [2.24, 2.45) is 23.5 Å². The largest absolute Gasteiger partial charge is 0.443 e. The molecule has 0 aliphatic carbocycles. The van der Waals surface area contributed by atoms with Crippen LogP contribution in [0.2, 0.25) is 0 Å². The molecule has 0 fully saturated rings. The summed E-state index contributed by atoms with van der Waals surface area (Å²) in [5.74, 6) is -2.29. The molecule has 198 valence electrons. The Morgan fingerprint density at radius 1 is 1.06 bits per heavy atom. The van der Waals surface area contributed by atoms with Crippen molar-refractivity contribution in [3.05, 3.63) is 11.1 Å². The van der Waals surface area contributed by atoms with Crippen molar-refractivity contribution in [1.82, 2.24) is 16.2 Å². The van der Waals surface area contributed by atoms with Gasteiger partial charge in [-0.05, 0) is 59.0 Å². The maximum absolute atomic E-state index is 13.5. The van der Waals surface area contributed by atoms with Gasteiger partial charge >= 0.3 is 16.2 Å². The molecule has 11 nitrogen and oxygen atoms in total. The van der Waals surface area contributed by atoms with Gasteiger partial charge in [0.25, 0.3) is 0 Å². The fraction of sp³-hybridized carbons (Fsp3) is 0.773. The number of nitrogens with one attached hydrogen (secondary N) is 3. The predicted octanol–water partition coefficient (Wildman–Crippen LogP) is 1.94. The van der Waals surface area contributed by atoms with E-state index in [1.54, 1.807) is 34.6 Å². The number of amides is 2. The van der Waals surface area contributed by atoms with Crippen LogP contribution in [0.1, 0.15) is 68.7 Å². The maximum Gasteiger partial charge on any atom is 0.422 e. The molecule has 0 rings (SSSR count). The van der Waals surface area contributed by atoms with Crippen molar-refractivity contribution in [3.8, 4) is 0 Å². The molecule has 0 aromatic carbocycles. The SMILES string of the molecule is CCOS(=O)(=O)C(=C[C@H](CC(C)C)C(=O)[C@@H](NNC(=O)OC(C)(C)C)C(C)C)NC(=O)[C@H](C)N. The number of ether oxygens (including phenoxy) is 1. The molecule has 0 aromatic rings. The zero-order chi connectivity index (χ0) is 26.9. The third kappa shape index (κ3) is 11.9. The molecule has 0 saturated heterocycles. The van der Waals surface area contributed by atoms with E-state index in [1.165, 1.54) is 19.9 Å². The summed E-state index contributed by atoms with van der Waals surface area (Å²) in [4.78, 5) is 37.7. The Bertz CT molecular complexity index is 831. The van der Waals surface area contributed by atoms with E-state index < -0.39 is 50.8 Å². The summed E-state index contributed by atoms with van der Waals surface area (Å²) in [6, 6.07) is -1.85. The molecule has 3 atom stereocenters. The van der Waals surface area contributed by atoms with Crippen molar-refractivity contribution in [3.63, 3.8) is 0 Å². The second kappa shape index (κ2) is 13.8. The number of hydrogen-bond donors (Lipinski definition) is 4. The van der Waals surface area contributed by atoms with Crippen LogP contribution in [0.15, 0.2) is 11.1 Å². The molecule has 0 radical (unpaired) electrons. The van der Waals surface area contributed by atoms with Gasteiger partial charge in [-0.25, -0.2) is 10.2 Å². The minimum atomic E-state index is -4.35. The molecule has 5 N–H and O–H groups in total. The Morgan fingerprint density at radius 3 is 2.03 bits per heavy atom. The topological polar surface area (TPSA) is 166 Å². The number of rotatable bonds is 13. The second-order valence-corrected chi connectivity index (χ2v) is 11.4. The van der Waals surface area contributed by atoms with Crippen molar-refractivity contribution in [2.75, 3.05) is 6.61 Å². The van der Waals surface area contributed by atoms with Crippen molar-refractivity contribution in [2.45, 2.75) is 86.4 Å². The lowest BCUT2D eigenvalue weighted by Crippen LogP contribution is -2.53. The number of Topliss-reactive ketones (excluding diaryl/α,β-unsaturated/α-hetero) is 1. The van der Waals surface area contributed by atoms with E-state index in [2.05, 4.69) is 16.2 Å². The van der Waals surface area contributed by atoms with Crippen molar-refractivity contribution in [1.29, 1.82) is 0 Å². The molecule has 0 aliphatic heterocycles. The lowest BCUT2D eigenvalue weighted by atomic mass is 9.86. The molecular formula is C22H42N4O7S. The Balaban J connectivity index is 6.14. The van der Waals surface area contributed by atoms with Crippen LogP contribution in [-0.2, 0) is 28.6 Å². The Kier molecular flexibility index (Phi) is 12.9. The molecule has 0 spiro atoms. The highest BCUT2D eigenvalue weighted by Gasteiger charge is 2.32. The van der Waals surface area contributed by atoms with Gasteiger partial charge < -0.3 is 15.8 Å². The van der Waals surface area contributed by atoms with Crippen molar-refractivity contribution >= 4 is 27.9 Å². The van der Waals surface area contributed by atoms with Gasteiger partial charge in [0.1, 0.15) is 5.60 Å². The van der Waals surface area contributed by atoms with Crippen LogP contribution >= 0.6 is 0 Å². The third-order valence-corrected chi connectivity index (χ3v) is 5.67. The van der Waals surface area contributed by atoms with E-state index in [0.29, 0.717) is 0 Å². The number of nitrogens with two attached hydrogens (primary N) is 1. The van der Waals surface area contributed by atoms with Gasteiger partial charge in [0.05, 0.1) is 18.7 Å². The Labute approximate surface area is 203 Å². The molecule has 0 unspecified atom stereocenters. The highest BCUT2D eigenvalue weighted by Crippen LogP contribution is 2.22. The molecule has 0 heterocycles. The quantitative estimate of drug-likeness (QED) is 0.216. The Hall–Kier alpha value is -2.02. The van der Waals surface area contributed by atoms with Gasteiger partial charge in [-0.15, -0.1) is 0 Å². The summed E-state index contributed by atoms with van der Waals surface area (Å²) in [5.41, 5.74) is 9.92. The number of carbonyl (C=O) groups excluding carboxylic acids is 3. The van der Waals surface area contributed by atoms with E-state index in [1.807, 2.05) is 13.8 Å². The third-order valence-electron chi connectivity index (χ3n) is 4.35. The average molecular weight is 507 g/mol. The normalized spacial score (nSPS) is 15.6. The second-order valence-electron chi connectivity index (χ2n) is 9.80. The van der Waals surface area contributed by atoms with Gasteiger partial charge in [-0.1, -0.05) is 27.7 Å². The zero-order valence-electron chi connectivity index (χ0n) is 21.7. The van der Waals surface area contributed by atoms with Crippen LogP contribution in [0, 0.1) is 17.8 Å². The first-order chi connectivity index (χ1) is 15.4. The smallest absolute Gasteiger partial charge is 0.422 e. The fourth-order valence-electron chi connectivity index (χ4n) is 2.84. The fourth-order valence-corrected chi connectivity index (χ4v) is 3.83. The van der Waals surface area contributed by atoms with Gasteiger partial charge in [0.2, 0.25) is 5.91 Å². The number of hydrazine groups is 1. The van der Waals surface area contributed by atoms with E-state index in [9.17, 15) is 22.8 Å². The van der Waals surface area contributed by atoms with Crippen LogP contribution in [0.3, 0.4) is 0 Å². The standard InChI is InChI=1S/C22H42N4O7S/c1-10-32-34(30,31)17(24-20(28)15(6)23)12-16(11-13(2)3)19(27)18(14(4)5)25-26-21(29)33-22(7,8)9/h12-16,18,25H,10-11,23H2,1-9H3,(H,24,28)(H,26,29)/t15-,16-,18-/m0/s1. The van der Waals surface area contributed by atoms with E-state index in [0.717, 1.165) is 0 Å². The summed E-state index contributed by atoms with van der Waals surface area (Å²) in [6.07, 6.45) is 0.707. The molecule has 0 aromatic heterocycles. The minimum Gasteiger partial charge on any atom is -0.443 e. The summed E-state index contributed by atoms with van der Waals surface area (Å²) in [6.45, 7) is 15.2. The number of allylic oxidation sites excluding steroid dienone is 1. The molecule has 2 amide bonds.